The van der Waals surface area contributed by atoms with Crippen molar-refractivity contribution in [3.05, 3.63) is 22.5 Å². The zero-order valence-electron chi connectivity index (χ0n) is 5.04. The smallest absolute Gasteiger partial charge is 0.182 e. The Morgan fingerprint density at radius 2 is 2.40 bits per heavy atom. The quantitative estimate of drug-likeness (QED) is 0.654. The molecule has 10 heavy (non-hydrogen) atoms. The number of halogens is 1. The molecule has 1 heterocycles. The number of carbonyl (C=O) groups is 1. The summed E-state index contributed by atoms with van der Waals surface area (Å²) < 4.78 is 10.9. The lowest BCUT2D eigenvalue weighted by atomic mass is 10.4. The maximum atomic E-state index is 10.9. The molecular weight excluding hydrogens is 216 g/mol. The Morgan fingerprint density at radius 3 is 2.80 bits per heavy atom. The minimum Gasteiger partial charge on any atom is -0.293 e. The molecule has 0 aromatic rings. The van der Waals surface area contributed by atoms with Gasteiger partial charge >= 0.3 is 0 Å². The van der Waals surface area contributed by atoms with Crippen molar-refractivity contribution in [2.45, 2.75) is 0 Å². The van der Waals surface area contributed by atoms with Crippen LogP contribution in [0.4, 0.5) is 0 Å². The fourth-order valence-electron chi connectivity index (χ4n) is 0.609. The molecule has 0 fully saturated rings. The normalized spacial score (nSPS) is 22.9. The molecule has 0 bridgehead atoms. The van der Waals surface area contributed by atoms with E-state index in [1.165, 1.54) is 5.41 Å². The molecule has 1 aliphatic rings. The molecule has 0 aromatic heterocycles. The Hall–Kier alpha value is -0.220. The van der Waals surface area contributed by atoms with Crippen molar-refractivity contribution in [2.24, 2.45) is 0 Å². The van der Waals surface area contributed by atoms with Crippen molar-refractivity contribution in [3.63, 3.8) is 0 Å². The summed E-state index contributed by atoms with van der Waals surface area (Å²) in [4.78, 5) is 11.3. The van der Waals surface area contributed by atoms with Crippen LogP contribution in [0.2, 0.25) is 0 Å². The predicted molar refractivity (Wildman–Crippen MR) is 44.2 cm³/mol. The number of rotatable bonds is 2. The molecule has 0 saturated heterocycles. The molecule has 1 unspecified atom stereocenters. The molecule has 54 valence electrons. The maximum Gasteiger partial charge on any atom is 0.182 e. The van der Waals surface area contributed by atoms with Gasteiger partial charge in [-0.3, -0.25) is 4.79 Å². The zero-order valence-corrected chi connectivity index (χ0v) is 7.44. The number of alkyl halides is 1. The molecule has 0 amide bonds. The maximum absolute atomic E-state index is 10.9. The minimum atomic E-state index is -1.19. The molecule has 1 rings (SSSR count). The Bertz CT molecular complexity index is 242. The van der Waals surface area contributed by atoms with E-state index >= 15 is 0 Å². The summed E-state index contributed by atoms with van der Waals surface area (Å²) in [7, 11) is -1.19. The first kappa shape index (κ1) is 7.88. The second-order valence-corrected chi connectivity index (χ2v) is 3.58. The van der Waals surface area contributed by atoms with Gasteiger partial charge < -0.3 is 0 Å². The number of allylic oxidation sites excluding steroid dienone is 3. The molecular formula is C6H5BrO2S. The lowest BCUT2D eigenvalue weighted by Gasteiger charge is -1.92. The molecule has 1 atom stereocenters. The van der Waals surface area contributed by atoms with E-state index in [4.69, 9.17) is 0 Å². The van der Waals surface area contributed by atoms with Gasteiger partial charge in [0.1, 0.15) is 0 Å². The molecule has 0 spiro atoms. The molecule has 0 radical (unpaired) electrons. The van der Waals surface area contributed by atoms with Crippen LogP contribution in [-0.4, -0.2) is 15.3 Å². The molecule has 0 aromatic carbocycles. The van der Waals surface area contributed by atoms with E-state index in [0.717, 1.165) is 0 Å². The average Bonchev–Trinajstić information content (AvgIpc) is 2.34. The third-order valence-corrected chi connectivity index (χ3v) is 2.77. The van der Waals surface area contributed by atoms with Crippen LogP contribution in [0.3, 0.4) is 0 Å². The van der Waals surface area contributed by atoms with Crippen molar-refractivity contribution in [1.82, 2.24) is 0 Å². The summed E-state index contributed by atoms with van der Waals surface area (Å²) in [6.07, 6.45) is 3.21. The van der Waals surface area contributed by atoms with Gasteiger partial charge in [0.2, 0.25) is 0 Å². The van der Waals surface area contributed by atoms with Gasteiger partial charge in [0.15, 0.2) is 5.78 Å². The summed E-state index contributed by atoms with van der Waals surface area (Å²) in [6, 6.07) is 0. The van der Waals surface area contributed by atoms with Gasteiger partial charge in [-0.1, -0.05) is 22.0 Å². The van der Waals surface area contributed by atoms with Crippen LogP contribution in [0.5, 0.6) is 0 Å². The first-order valence-corrected chi connectivity index (χ1v) is 4.97. The highest BCUT2D eigenvalue weighted by molar-refractivity contribution is 9.09. The van der Waals surface area contributed by atoms with E-state index in [0.29, 0.717) is 4.91 Å². The van der Waals surface area contributed by atoms with Crippen LogP contribution < -0.4 is 0 Å². The fourth-order valence-corrected chi connectivity index (χ4v) is 1.97. The molecule has 0 aliphatic carbocycles. The highest BCUT2D eigenvalue weighted by atomic mass is 79.9. The highest BCUT2D eigenvalue weighted by Gasteiger charge is 2.15. The standard InChI is InChI=1S/C6H5BrO2S/c7-4-5(8)6-2-1-3-10(6)9/h1-3H,4H2. The van der Waals surface area contributed by atoms with E-state index in [1.807, 2.05) is 0 Å². The van der Waals surface area contributed by atoms with Crippen molar-refractivity contribution in [3.8, 4) is 0 Å². The van der Waals surface area contributed by atoms with E-state index in [1.54, 1.807) is 12.2 Å². The Morgan fingerprint density at radius 1 is 1.70 bits per heavy atom. The minimum absolute atomic E-state index is 0.108. The third kappa shape index (κ3) is 1.44. The van der Waals surface area contributed by atoms with E-state index < -0.39 is 10.8 Å². The Labute approximate surface area is 69.6 Å². The molecule has 1 aliphatic heterocycles. The van der Waals surface area contributed by atoms with E-state index in [2.05, 4.69) is 15.9 Å². The third-order valence-electron chi connectivity index (χ3n) is 1.06. The number of ketones is 1. The monoisotopic (exact) mass is 220 g/mol. The van der Waals surface area contributed by atoms with Gasteiger partial charge in [0.25, 0.3) is 0 Å². The molecule has 0 saturated carbocycles. The lowest BCUT2D eigenvalue weighted by Crippen LogP contribution is -2.04. The second kappa shape index (κ2) is 3.25. The van der Waals surface area contributed by atoms with Gasteiger partial charge in [-0.05, 0) is 6.08 Å². The number of hydrogen-bond acceptors (Lipinski definition) is 2. The average molecular weight is 221 g/mol. The summed E-state index contributed by atoms with van der Waals surface area (Å²) in [5, 5.41) is 1.74. The van der Waals surface area contributed by atoms with Crippen LogP contribution >= 0.6 is 15.9 Å². The number of Topliss-reactive ketones (excluding diaryl/α,β-unsaturated/α-hetero) is 1. The second-order valence-electron chi connectivity index (χ2n) is 1.71. The van der Waals surface area contributed by atoms with Crippen LogP contribution in [0.25, 0.3) is 0 Å². The van der Waals surface area contributed by atoms with Crippen molar-refractivity contribution < 1.29 is 9.00 Å². The number of hydrogen-bond donors (Lipinski definition) is 0. The first-order chi connectivity index (χ1) is 4.75. The van der Waals surface area contributed by atoms with E-state index in [9.17, 15) is 9.00 Å². The van der Waals surface area contributed by atoms with Gasteiger partial charge in [0.05, 0.1) is 21.0 Å². The molecule has 0 N–H and O–H groups in total. The van der Waals surface area contributed by atoms with Gasteiger partial charge in [-0.15, -0.1) is 0 Å². The largest absolute Gasteiger partial charge is 0.293 e. The lowest BCUT2D eigenvalue weighted by molar-refractivity contribution is -0.112. The number of carbonyl (C=O) groups excluding carboxylic acids is 1. The first-order valence-electron chi connectivity index (χ1n) is 2.64. The van der Waals surface area contributed by atoms with Crippen LogP contribution in [0, 0.1) is 0 Å². The Balaban J connectivity index is 2.77. The summed E-state index contributed by atoms with van der Waals surface area (Å²) in [6.45, 7) is 0. The molecule has 4 heteroatoms. The van der Waals surface area contributed by atoms with Crippen LogP contribution in [-0.2, 0) is 15.6 Å². The zero-order chi connectivity index (χ0) is 7.56. The van der Waals surface area contributed by atoms with Crippen molar-refractivity contribution >= 4 is 32.5 Å². The van der Waals surface area contributed by atoms with Crippen LogP contribution in [0.15, 0.2) is 22.5 Å². The van der Waals surface area contributed by atoms with E-state index in [-0.39, 0.29) is 11.1 Å². The summed E-state index contributed by atoms with van der Waals surface area (Å²) >= 11 is 3.00. The van der Waals surface area contributed by atoms with Crippen molar-refractivity contribution in [1.29, 1.82) is 0 Å². The van der Waals surface area contributed by atoms with Crippen molar-refractivity contribution in [2.75, 3.05) is 5.33 Å². The topological polar surface area (TPSA) is 34.1 Å². The highest BCUT2D eigenvalue weighted by Crippen LogP contribution is 2.12. The van der Waals surface area contributed by atoms with Gasteiger partial charge in [0, 0.05) is 5.41 Å². The fraction of sp³-hybridized carbons (Fsp3) is 0.167. The molecule has 2 nitrogen and oxygen atoms in total. The predicted octanol–water partition coefficient (Wildman–Crippen LogP) is 1.11. The summed E-state index contributed by atoms with van der Waals surface area (Å²) in [5.41, 5.74) is 0. The summed E-state index contributed by atoms with van der Waals surface area (Å²) in [5.74, 6) is -0.108. The van der Waals surface area contributed by atoms with Gasteiger partial charge in [-0.2, -0.15) is 0 Å². The Kier molecular flexibility index (Phi) is 2.56. The van der Waals surface area contributed by atoms with Gasteiger partial charge in [-0.25, -0.2) is 4.21 Å². The van der Waals surface area contributed by atoms with Crippen LogP contribution in [0.1, 0.15) is 0 Å². The SMILES string of the molecule is O=C(CBr)C1=CC=CS1=O.